The van der Waals surface area contributed by atoms with Gasteiger partial charge in [-0.1, -0.05) is 54.1 Å². The van der Waals surface area contributed by atoms with Crippen LogP contribution in [0, 0.1) is 0 Å². The van der Waals surface area contributed by atoms with E-state index in [-0.39, 0.29) is 5.41 Å². The predicted octanol–water partition coefficient (Wildman–Crippen LogP) is 3.21. The average molecular weight is 324 g/mol. The summed E-state index contributed by atoms with van der Waals surface area (Å²) in [5, 5.41) is 3.04. The zero-order valence-electron chi connectivity index (χ0n) is 11.8. The third-order valence-electron chi connectivity index (χ3n) is 2.84. The summed E-state index contributed by atoms with van der Waals surface area (Å²) in [6, 6.07) is 8.31. The van der Waals surface area contributed by atoms with Crippen LogP contribution in [0.1, 0.15) is 26.3 Å². The molecule has 0 bridgehead atoms. The summed E-state index contributed by atoms with van der Waals surface area (Å²) in [5.74, 6) is 0.466. The van der Waals surface area contributed by atoms with Crippen molar-refractivity contribution in [2.24, 2.45) is 10.7 Å². The third-order valence-corrected chi connectivity index (χ3v) is 3.37. The first kappa shape index (κ1) is 15.8. The Labute approximate surface area is 124 Å². The van der Waals surface area contributed by atoms with Crippen molar-refractivity contribution in [3.8, 4) is 0 Å². The minimum atomic E-state index is -0.0454. The van der Waals surface area contributed by atoms with Gasteiger partial charge in [-0.05, 0) is 24.6 Å². The lowest BCUT2D eigenvalue weighted by Crippen LogP contribution is -2.34. The Kier molecular flexibility index (Phi) is 5.60. The van der Waals surface area contributed by atoms with Crippen molar-refractivity contribution in [2.45, 2.75) is 26.2 Å². The van der Waals surface area contributed by atoms with Crippen molar-refractivity contribution in [1.82, 2.24) is 5.32 Å². The SMILES string of the molecule is C=C(C)CNC(N)=NCC(C)(C)c1ccc(Br)cc1. The topological polar surface area (TPSA) is 50.4 Å². The molecule has 0 aromatic heterocycles. The average Bonchev–Trinajstić information content (AvgIpc) is 2.34. The van der Waals surface area contributed by atoms with E-state index in [0.717, 1.165) is 10.0 Å². The molecule has 0 aliphatic rings. The highest BCUT2D eigenvalue weighted by atomic mass is 79.9. The van der Waals surface area contributed by atoms with Gasteiger partial charge >= 0.3 is 0 Å². The van der Waals surface area contributed by atoms with Crippen LogP contribution in [0.5, 0.6) is 0 Å². The summed E-state index contributed by atoms with van der Waals surface area (Å²) >= 11 is 3.44. The molecule has 3 N–H and O–H groups in total. The Hall–Kier alpha value is -1.29. The molecule has 1 aromatic carbocycles. The number of benzene rings is 1. The van der Waals surface area contributed by atoms with E-state index in [1.165, 1.54) is 5.56 Å². The van der Waals surface area contributed by atoms with Gasteiger partial charge in [-0.25, -0.2) is 0 Å². The third kappa shape index (κ3) is 5.47. The quantitative estimate of drug-likeness (QED) is 0.496. The monoisotopic (exact) mass is 323 g/mol. The van der Waals surface area contributed by atoms with Crippen LogP contribution in [0.3, 0.4) is 0 Å². The molecule has 0 saturated heterocycles. The number of halogens is 1. The standard InChI is InChI=1S/C15H22BrN3/c1-11(2)9-18-14(17)19-10-15(3,4)12-5-7-13(16)8-6-12/h5-8H,1,9-10H2,2-4H3,(H3,17,18,19). The Morgan fingerprint density at radius 1 is 1.37 bits per heavy atom. The van der Waals surface area contributed by atoms with E-state index < -0.39 is 0 Å². The van der Waals surface area contributed by atoms with Crippen molar-refractivity contribution in [2.75, 3.05) is 13.1 Å². The molecule has 0 aliphatic heterocycles. The number of guanidine groups is 1. The summed E-state index contributed by atoms with van der Waals surface area (Å²) in [6.07, 6.45) is 0. The number of rotatable bonds is 5. The maximum absolute atomic E-state index is 5.82. The van der Waals surface area contributed by atoms with Crippen molar-refractivity contribution >= 4 is 21.9 Å². The van der Waals surface area contributed by atoms with Crippen molar-refractivity contribution in [3.63, 3.8) is 0 Å². The van der Waals surface area contributed by atoms with Gasteiger partial charge in [-0.15, -0.1) is 0 Å². The highest BCUT2D eigenvalue weighted by Gasteiger charge is 2.20. The maximum atomic E-state index is 5.82. The molecule has 0 spiro atoms. The van der Waals surface area contributed by atoms with E-state index in [1.807, 2.05) is 19.1 Å². The lowest BCUT2D eigenvalue weighted by molar-refractivity contribution is 0.539. The van der Waals surface area contributed by atoms with Gasteiger partial charge < -0.3 is 11.1 Å². The first-order valence-corrected chi connectivity index (χ1v) is 7.05. The molecule has 0 fully saturated rings. The maximum Gasteiger partial charge on any atom is 0.188 e. The van der Waals surface area contributed by atoms with E-state index in [2.05, 4.69) is 58.8 Å². The number of nitrogens with one attached hydrogen (secondary N) is 1. The first-order chi connectivity index (χ1) is 8.81. The minimum absolute atomic E-state index is 0.0454. The van der Waals surface area contributed by atoms with Crippen LogP contribution in [0.2, 0.25) is 0 Å². The molecule has 0 radical (unpaired) electrons. The highest BCUT2D eigenvalue weighted by molar-refractivity contribution is 9.10. The fraction of sp³-hybridized carbons (Fsp3) is 0.400. The van der Waals surface area contributed by atoms with Gasteiger partial charge in [0.05, 0.1) is 6.54 Å². The zero-order chi connectivity index (χ0) is 14.5. The Morgan fingerprint density at radius 3 is 2.47 bits per heavy atom. The molecule has 3 nitrogen and oxygen atoms in total. The number of hydrogen-bond acceptors (Lipinski definition) is 1. The summed E-state index contributed by atoms with van der Waals surface area (Å²) in [7, 11) is 0. The van der Waals surface area contributed by atoms with E-state index in [4.69, 9.17) is 5.73 Å². The molecule has 0 saturated carbocycles. The van der Waals surface area contributed by atoms with E-state index in [1.54, 1.807) is 0 Å². The second kappa shape index (κ2) is 6.75. The van der Waals surface area contributed by atoms with Crippen LogP contribution < -0.4 is 11.1 Å². The molecule has 1 aromatic rings. The van der Waals surface area contributed by atoms with Crippen LogP contribution in [0.25, 0.3) is 0 Å². The molecule has 0 heterocycles. The number of aliphatic imine (C=N–C) groups is 1. The molecule has 0 aliphatic carbocycles. The number of nitrogens with zero attached hydrogens (tertiary/aromatic N) is 1. The van der Waals surface area contributed by atoms with Gasteiger partial charge in [0, 0.05) is 16.4 Å². The number of hydrogen-bond donors (Lipinski definition) is 2. The molecule has 1 rings (SSSR count). The lowest BCUT2D eigenvalue weighted by Gasteiger charge is -2.23. The molecular formula is C15H22BrN3. The number of nitrogens with two attached hydrogens (primary N) is 1. The van der Waals surface area contributed by atoms with Crippen LogP contribution in [-0.4, -0.2) is 19.0 Å². The molecular weight excluding hydrogens is 302 g/mol. The molecule has 0 amide bonds. The molecule has 104 valence electrons. The minimum Gasteiger partial charge on any atom is -0.370 e. The van der Waals surface area contributed by atoms with E-state index >= 15 is 0 Å². The van der Waals surface area contributed by atoms with Crippen LogP contribution in [0.4, 0.5) is 0 Å². The Balaban J connectivity index is 2.66. The molecule has 0 atom stereocenters. The van der Waals surface area contributed by atoms with Gasteiger partial charge in [0.25, 0.3) is 0 Å². The van der Waals surface area contributed by atoms with Gasteiger partial charge in [-0.3, -0.25) is 4.99 Å². The van der Waals surface area contributed by atoms with Gasteiger partial charge in [0.1, 0.15) is 0 Å². The molecule has 4 heteroatoms. The summed E-state index contributed by atoms with van der Waals surface area (Å²) < 4.78 is 1.08. The van der Waals surface area contributed by atoms with Crippen molar-refractivity contribution in [1.29, 1.82) is 0 Å². The second-order valence-corrected chi connectivity index (χ2v) is 6.32. The second-order valence-electron chi connectivity index (χ2n) is 5.40. The van der Waals surface area contributed by atoms with Crippen LogP contribution in [-0.2, 0) is 5.41 Å². The molecule has 19 heavy (non-hydrogen) atoms. The largest absolute Gasteiger partial charge is 0.370 e. The molecule has 0 unspecified atom stereocenters. The smallest absolute Gasteiger partial charge is 0.188 e. The normalized spacial score (nSPS) is 12.3. The van der Waals surface area contributed by atoms with E-state index in [9.17, 15) is 0 Å². The first-order valence-electron chi connectivity index (χ1n) is 6.25. The predicted molar refractivity (Wildman–Crippen MR) is 86.5 cm³/mol. The van der Waals surface area contributed by atoms with Gasteiger partial charge in [-0.2, -0.15) is 0 Å². The van der Waals surface area contributed by atoms with Crippen molar-refractivity contribution < 1.29 is 0 Å². The van der Waals surface area contributed by atoms with Crippen LogP contribution >= 0.6 is 15.9 Å². The lowest BCUT2D eigenvalue weighted by atomic mass is 9.85. The van der Waals surface area contributed by atoms with E-state index in [0.29, 0.717) is 19.0 Å². The fourth-order valence-electron chi connectivity index (χ4n) is 1.57. The fourth-order valence-corrected chi connectivity index (χ4v) is 1.84. The van der Waals surface area contributed by atoms with Crippen molar-refractivity contribution in [3.05, 3.63) is 46.5 Å². The van der Waals surface area contributed by atoms with Gasteiger partial charge in [0.2, 0.25) is 0 Å². The van der Waals surface area contributed by atoms with Crippen LogP contribution in [0.15, 0.2) is 45.9 Å². The summed E-state index contributed by atoms with van der Waals surface area (Å²) in [5.41, 5.74) is 8.05. The summed E-state index contributed by atoms with van der Waals surface area (Å²) in [4.78, 5) is 4.40. The van der Waals surface area contributed by atoms with Gasteiger partial charge in [0.15, 0.2) is 5.96 Å². The zero-order valence-corrected chi connectivity index (χ0v) is 13.4. The Morgan fingerprint density at radius 2 is 1.95 bits per heavy atom. The Bertz CT molecular complexity index is 461. The highest BCUT2D eigenvalue weighted by Crippen LogP contribution is 2.24. The summed E-state index contributed by atoms with van der Waals surface area (Å²) in [6.45, 7) is 11.4.